The van der Waals surface area contributed by atoms with Crippen molar-refractivity contribution in [3.05, 3.63) is 77.6 Å². The van der Waals surface area contributed by atoms with Gasteiger partial charge in [0, 0.05) is 17.9 Å². The summed E-state index contributed by atoms with van der Waals surface area (Å²) in [7, 11) is 0. The lowest BCUT2D eigenvalue weighted by molar-refractivity contribution is 0.603. The highest BCUT2D eigenvalue weighted by Gasteiger charge is 2.14. The van der Waals surface area contributed by atoms with E-state index in [-0.39, 0.29) is 11.6 Å². The molecule has 166 valence electrons. The topological polar surface area (TPSA) is 96.3 Å². The molecule has 0 radical (unpaired) electrons. The number of hydrogen-bond donors (Lipinski definition) is 0. The smallest absolute Gasteiger partial charge is 0.267 e. The summed E-state index contributed by atoms with van der Waals surface area (Å²) in [5, 5.41) is 8.74. The molecule has 5 aromatic rings. The van der Waals surface area contributed by atoms with Crippen molar-refractivity contribution in [1.82, 2.24) is 38.9 Å². The minimum Gasteiger partial charge on any atom is -0.310 e. The first-order valence-electron chi connectivity index (χ1n) is 10.9. The van der Waals surface area contributed by atoms with Gasteiger partial charge in [-0.25, -0.2) is 15.0 Å². The van der Waals surface area contributed by atoms with E-state index < -0.39 is 0 Å². The van der Waals surface area contributed by atoms with Crippen LogP contribution in [0.2, 0.25) is 0 Å². The largest absolute Gasteiger partial charge is 0.310 e. The van der Waals surface area contributed by atoms with E-state index in [1.165, 1.54) is 10.9 Å². The average Bonchev–Trinajstić information content (AvgIpc) is 3.50. The molecule has 1 aromatic carbocycles. The second-order valence-corrected chi connectivity index (χ2v) is 8.52. The number of benzene rings is 1. The van der Waals surface area contributed by atoms with Crippen LogP contribution in [0, 0.1) is 0 Å². The summed E-state index contributed by atoms with van der Waals surface area (Å²) >= 11 is 0. The molecular weight excluding hydrogens is 416 g/mol. The van der Waals surface area contributed by atoms with Crippen LogP contribution in [0.3, 0.4) is 0 Å². The Hall–Kier alpha value is -4.14. The van der Waals surface area contributed by atoms with Gasteiger partial charge in [0.05, 0.1) is 22.9 Å². The Morgan fingerprint density at radius 1 is 0.939 bits per heavy atom. The number of fused-ring (bicyclic) bond motifs is 1. The highest BCUT2D eigenvalue weighted by Crippen LogP contribution is 2.20. The Kier molecular flexibility index (Phi) is 5.08. The van der Waals surface area contributed by atoms with Crippen LogP contribution in [-0.4, -0.2) is 38.9 Å². The molecule has 9 heteroatoms. The molecule has 9 nitrogen and oxygen atoms in total. The Morgan fingerprint density at radius 2 is 1.79 bits per heavy atom. The van der Waals surface area contributed by atoms with Gasteiger partial charge in [0.25, 0.3) is 5.56 Å². The van der Waals surface area contributed by atoms with Crippen LogP contribution < -0.4 is 5.56 Å². The number of rotatable bonds is 5. The van der Waals surface area contributed by atoms with Crippen LogP contribution >= 0.6 is 0 Å². The first-order chi connectivity index (χ1) is 15.9. The maximum absolute atomic E-state index is 13.4. The van der Waals surface area contributed by atoms with E-state index in [2.05, 4.69) is 52.8 Å². The van der Waals surface area contributed by atoms with Crippen LogP contribution in [0.1, 0.15) is 45.3 Å². The molecule has 0 aliphatic heterocycles. The van der Waals surface area contributed by atoms with Gasteiger partial charge >= 0.3 is 0 Å². The van der Waals surface area contributed by atoms with Gasteiger partial charge in [-0.2, -0.15) is 0 Å². The van der Waals surface area contributed by atoms with E-state index >= 15 is 0 Å². The van der Waals surface area contributed by atoms with Crippen LogP contribution in [0.15, 0.2) is 66.4 Å². The predicted molar refractivity (Wildman–Crippen MR) is 126 cm³/mol. The van der Waals surface area contributed by atoms with Crippen molar-refractivity contribution in [3.8, 4) is 23.0 Å². The SMILES string of the molecule is CC(C)c1cn(-c2ccc3ncn(-c4cccc(-c5nncn5C(C)C)n4)c(=O)c3c2)cn1. The fourth-order valence-corrected chi connectivity index (χ4v) is 3.70. The Balaban J connectivity index is 1.60. The molecular formula is C24H24N8O. The lowest BCUT2D eigenvalue weighted by Gasteiger charge is -2.11. The highest BCUT2D eigenvalue weighted by atomic mass is 16.1. The standard InChI is InChI=1S/C24H24N8O/c1-15(2)21-11-30(12-25-21)17-8-9-19-18(10-17)24(33)32(13-26-19)22-7-5-6-20(28-22)23-29-27-14-31(23)16(3)4/h5-16H,1-4H3. The first kappa shape index (κ1) is 20.7. The average molecular weight is 441 g/mol. The van der Waals surface area contributed by atoms with E-state index in [1.807, 2.05) is 45.7 Å². The van der Waals surface area contributed by atoms with E-state index in [0.29, 0.717) is 34.2 Å². The van der Waals surface area contributed by atoms with Gasteiger partial charge in [0.15, 0.2) is 5.82 Å². The molecule has 0 unspecified atom stereocenters. The van der Waals surface area contributed by atoms with Crippen molar-refractivity contribution in [2.45, 2.75) is 39.7 Å². The lowest BCUT2D eigenvalue weighted by atomic mass is 10.1. The molecule has 0 saturated carbocycles. The molecule has 0 aliphatic rings. The summed E-state index contributed by atoms with van der Waals surface area (Å²) in [4.78, 5) is 27.1. The summed E-state index contributed by atoms with van der Waals surface area (Å²) in [5.41, 5.74) is 2.92. The number of pyridine rings is 1. The van der Waals surface area contributed by atoms with Crippen molar-refractivity contribution in [2.24, 2.45) is 0 Å². The van der Waals surface area contributed by atoms with Gasteiger partial charge in [0.1, 0.15) is 24.2 Å². The van der Waals surface area contributed by atoms with Crippen LogP contribution in [0.5, 0.6) is 0 Å². The van der Waals surface area contributed by atoms with E-state index in [1.54, 1.807) is 18.7 Å². The highest BCUT2D eigenvalue weighted by molar-refractivity contribution is 5.80. The third-order valence-corrected chi connectivity index (χ3v) is 5.57. The number of imidazole rings is 1. The molecule has 4 heterocycles. The molecule has 4 aromatic heterocycles. The molecule has 33 heavy (non-hydrogen) atoms. The Labute approximate surface area is 190 Å². The Morgan fingerprint density at radius 3 is 2.55 bits per heavy atom. The number of aromatic nitrogens is 8. The third-order valence-electron chi connectivity index (χ3n) is 5.57. The van der Waals surface area contributed by atoms with Gasteiger partial charge in [-0.1, -0.05) is 19.9 Å². The zero-order chi connectivity index (χ0) is 23.1. The normalized spacial score (nSPS) is 11.7. The minimum atomic E-state index is -0.193. The zero-order valence-electron chi connectivity index (χ0n) is 18.9. The van der Waals surface area contributed by atoms with E-state index in [9.17, 15) is 4.79 Å². The molecule has 0 atom stereocenters. The summed E-state index contributed by atoms with van der Waals surface area (Å²) in [6.45, 7) is 8.30. The molecule has 0 N–H and O–H groups in total. The maximum Gasteiger partial charge on any atom is 0.267 e. The number of hydrogen-bond acceptors (Lipinski definition) is 6. The quantitative estimate of drug-likeness (QED) is 0.411. The van der Waals surface area contributed by atoms with E-state index in [4.69, 9.17) is 0 Å². The molecule has 0 fully saturated rings. The van der Waals surface area contributed by atoms with Crippen molar-refractivity contribution in [3.63, 3.8) is 0 Å². The maximum atomic E-state index is 13.4. The van der Waals surface area contributed by atoms with Crippen LogP contribution in [0.4, 0.5) is 0 Å². The van der Waals surface area contributed by atoms with Crippen molar-refractivity contribution < 1.29 is 0 Å². The Bertz CT molecular complexity index is 1510. The van der Waals surface area contributed by atoms with Gasteiger partial charge in [0.2, 0.25) is 0 Å². The monoisotopic (exact) mass is 440 g/mol. The van der Waals surface area contributed by atoms with Crippen molar-refractivity contribution in [1.29, 1.82) is 0 Å². The fraction of sp³-hybridized carbons (Fsp3) is 0.250. The summed E-state index contributed by atoms with van der Waals surface area (Å²) < 4.78 is 5.32. The second-order valence-electron chi connectivity index (χ2n) is 8.52. The molecule has 5 rings (SSSR count). The summed E-state index contributed by atoms with van der Waals surface area (Å²) in [6, 6.07) is 11.3. The molecule has 0 aliphatic carbocycles. The summed E-state index contributed by atoms with van der Waals surface area (Å²) in [6.07, 6.45) is 6.94. The number of nitrogens with zero attached hydrogens (tertiary/aromatic N) is 8. The van der Waals surface area contributed by atoms with Crippen LogP contribution in [-0.2, 0) is 0 Å². The summed E-state index contributed by atoms with van der Waals surface area (Å²) in [5.74, 6) is 1.45. The fourth-order valence-electron chi connectivity index (χ4n) is 3.70. The lowest BCUT2D eigenvalue weighted by Crippen LogP contribution is -2.20. The minimum absolute atomic E-state index is 0.184. The molecule has 0 saturated heterocycles. The predicted octanol–water partition coefficient (Wildman–Crippen LogP) is 3.93. The van der Waals surface area contributed by atoms with Crippen molar-refractivity contribution >= 4 is 10.9 Å². The van der Waals surface area contributed by atoms with Gasteiger partial charge in [-0.05, 0) is 50.1 Å². The molecule has 0 bridgehead atoms. The zero-order valence-corrected chi connectivity index (χ0v) is 18.9. The van der Waals surface area contributed by atoms with Gasteiger partial charge in [-0.3, -0.25) is 9.36 Å². The first-order valence-corrected chi connectivity index (χ1v) is 10.9. The van der Waals surface area contributed by atoms with E-state index in [0.717, 1.165) is 11.4 Å². The van der Waals surface area contributed by atoms with Gasteiger partial charge < -0.3 is 9.13 Å². The van der Waals surface area contributed by atoms with Gasteiger partial charge in [-0.15, -0.1) is 10.2 Å². The second kappa shape index (κ2) is 8.09. The third kappa shape index (κ3) is 3.71. The van der Waals surface area contributed by atoms with Crippen LogP contribution in [0.25, 0.3) is 33.9 Å². The molecule has 0 amide bonds. The van der Waals surface area contributed by atoms with Crippen molar-refractivity contribution in [2.75, 3.05) is 0 Å². The molecule has 0 spiro atoms.